The summed E-state index contributed by atoms with van der Waals surface area (Å²) in [7, 11) is 0. The number of benzene rings is 1. The third-order valence-electron chi connectivity index (χ3n) is 2.29. The summed E-state index contributed by atoms with van der Waals surface area (Å²) in [5.74, 6) is 0.00810. The van der Waals surface area contributed by atoms with Gasteiger partial charge in [-0.3, -0.25) is 4.79 Å². The predicted octanol–water partition coefficient (Wildman–Crippen LogP) is 2.99. The molecule has 0 radical (unpaired) electrons. The number of rotatable bonds is 2. The summed E-state index contributed by atoms with van der Waals surface area (Å²) in [4.78, 5) is 16.0. The molecular weight excluding hydrogens is 206 g/mol. The van der Waals surface area contributed by atoms with Gasteiger partial charge in [-0.2, -0.15) is 0 Å². The van der Waals surface area contributed by atoms with Gasteiger partial charge >= 0.3 is 0 Å². The predicted molar refractivity (Wildman–Crippen MR) is 61.5 cm³/mol. The van der Waals surface area contributed by atoms with Crippen molar-refractivity contribution in [2.45, 2.75) is 13.8 Å². The van der Waals surface area contributed by atoms with Gasteiger partial charge in [0.2, 0.25) is 5.78 Å². The molecule has 0 bridgehead atoms. The highest BCUT2D eigenvalue weighted by atomic mass is 32.1. The summed E-state index contributed by atoms with van der Waals surface area (Å²) in [6.07, 6.45) is 0. The lowest BCUT2D eigenvalue weighted by atomic mass is 10.0. The van der Waals surface area contributed by atoms with E-state index in [9.17, 15) is 4.79 Å². The van der Waals surface area contributed by atoms with Crippen molar-refractivity contribution in [3.8, 4) is 0 Å². The summed E-state index contributed by atoms with van der Waals surface area (Å²) in [5, 5.41) is 1.78. The first-order valence-electron chi connectivity index (χ1n) is 4.68. The van der Waals surface area contributed by atoms with Crippen LogP contribution in [0.25, 0.3) is 0 Å². The average Bonchev–Trinajstić information content (AvgIpc) is 2.69. The molecule has 0 saturated heterocycles. The van der Waals surface area contributed by atoms with E-state index in [1.165, 1.54) is 16.9 Å². The Morgan fingerprint density at radius 3 is 2.73 bits per heavy atom. The second-order valence-electron chi connectivity index (χ2n) is 3.52. The van der Waals surface area contributed by atoms with Gasteiger partial charge in [0.05, 0.1) is 5.51 Å². The normalized spacial score (nSPS) is 10.3. The van der Waals surface area contributed by atoms with Crippen LogP contribution in [0.2, 0.25) is 0 Å². The number of hydrogen-bond acceptors (Lipinski definition) is 3. The minimum atomic E-state index is 0.00810. The lowest BCUT2D eigenvalue weighted by Gasteiger charge is -2.03. The second-order valence-corrected chi connectivity index (χ2v) is 4.24. The number of thiazole rings is 1. The first-order valence-corrected chi connectivity index (χ1v) is 5.63. The van der Waals surface area contributed by atoms with E-state index in [4.69, 9.17) is 0 Å². The van der Waals surface area contributed by atoms with Gasteiger partial charge in [0.25, 0.3) is 0 Å². The minimum Gasteiger partial charge on any atom is -0.287 e. The molecule has 2 rings (SSSR count). The number of aryl methyl sites for hydroxylation is 2. The number of carbonyl (C=O) groups is 1. The number of aromatic nitrogens is 1. The van der Waals surface area contributed by atoms with Crippen molar-refractivity contribution >= 4 is 17.1 Å². The zero-order valence-electron chi connectivity index (χ0n) is 8.65. The Hall–Kier alpha value is -1.48. The Kier molecular flexibility index (Phi) is 2.64. The molecular formula is C12H11NOS. The van der Waals surface area contributed by atoms with Crippen LogP contribution in [0.1, 0.15) is 27.2 Å². The maximum Gasteiger partial charge on any atom is 0.212 e. The molecule has 2 nitrogen and oxygen atoms in total. The fraction of sp³-hybridized carbons (Fsp3) is 0.167. The summed E-state index contributed by atoms with van der Waals surface area (Å²) >= 11 is 1.44. The van der Waals surface area contributed by atoms with Crippen LogP contribution in [0, 0.1) is 13.8 Å². The Bertz CT molecular complexity index is 488. The van der Waals surface area contributed by atoms with E-state index in [1.54, 1.807) is 10.9 Å². The molecule has 1 heterocycles. The van der Waals surface area contributed by atoms with Gasteiger partial charge in [0, 0.05) is 10.9 Å². The van der Waals surface area contributed by atoms with E-state index in [0.717, 1.165) is 11.1 Å². The molecule has 0 saturated carbocycles. The maximum atomic E-state index is 12.0. The van der Waals surface area contributed by atoms with Crippen LogP contribution in [0.3, 0.4) is 0 Å². The molecule has 0 amide bonds. The average molecular weight is 217 g/mol. The zero-order chi connectivity index (χ0) is 10.8. The van der Waals surface area contributed by atoms with Crippen LogP contribution >= 0.6 is 11.3 Å². The van der Waals surface area contributed by atoms with Crippen molar-refractivity contribution in [1.29, 1.82) is 0 Å². The lowest BCUT2D eigenvalue weighted by Crippen LogP contribution is -2.03. The van der Waals surface area contributed by atoms with Crippen LogP contribution in [0.4, 0.5) is 0 Å². The summed E-state index contributed by atoms with van der Waals surface area (Å²) in [5.41, 5.74) is 5.13. The molecule has 0 unspecified atom stereocenters. The third-order valence-corrected chi connectivity index (χ3v) is 2.88. The Morgan fingerprint density at radius 1 is 1.33 bits per heavy atom. The van der Waals surface area contributed by atoms with Gasteiger partial charge in [-0.25, -0.2) is 4.98 Å². The van der Waals surface area contributed by atoms with E-state index in [2.05, 4.69) is 4.98 Å². The van der Waals surface area contributed by atoms with Crippen molar-refractivity contribution in [3.63, 3.8) is 0 Å². The van der Waals surface area contributed by atoms with Crippen LogP contribution in [0.15, 0.2) is 29.1 Å². The number of hydrogen-bond donors (Lipinski definition) is 0. The first-order chi connectivity index (χ1) is 7.18. The van der Waals surface area contributed by atoms with Gasteiger partial charge in [0.15, 0.2) is 0 Å². The quantitative estimate of drug-likeness (QED) is 0.724. The van der Waals surface area contributed by atoms with Crippen LogP contribution < -0.4 is 0 Å². The molecule has 76 valence electrons. The molecule has 0 atom stereocenters. The molecule has 0 N–H and O–H groups in total. The minimum absolute atomic E-state index is 0.00810. The van der Waals surface area contributed by atoms with E-state index in [0.29, 0.717) is 5.69 Å². The van der Waals surface area contributed by atoms with Crippen molar-refractivity contribution in [2.75, 3.05) is 0 Å². The molecule has 0 aliphatic heterocycles. The highest BCUT2D eigenvalue weighted by molar-refractivity contribution is 7.07. The number of carbonyl (C=O) groups excluding carboxylic acids is 1. The zero-order valence-corrected chi connectivity index (χ0v) is 9.47. The molecule has 2 aromatic rings. The molecule has 1 aromatic heterocycles. The van der Waals surface area contributed by atoms with Gasteiger partial charge < -0.3 is 0 Å². The summed E-state index contributed by atoms with van der Waals surface area (Å²) in [6, 6.07) is 5.83. The van der Waals surface area contributed by atoms with Crippen LogP contribution in [-0.4, -0.2) is 10.8 Å². The Balaban J connectivity index is 2.42. The maximum absolute atomic E-state index is 12.0. The van der Waals surface area contributed by atoms with Crippen LogP contribution in [0.5, 0.6) is 0 Å². The van der Waals surface area contributed by atoms with Crippen molar-refractivity contribution in [1.82, 2.24) is 4.98 Å². The molecule has 0 aliphatic carbocycles. The van der Waals surface area contributed by atoms with Crippen LogP contribution in [-0.2, 0) is 0 Å². The molecule has 1 aromatic carbocycles. The van der Waals surface area contributed by atoms with Gasteiger partial charge in [0.1, 0.15) is 5.69 Å². The monoisotopic (exact) mass is 217 g/mol. The third kappa shape index (κ3) is 1.97. The van der Waals surface area contributed by atoms with E-state index >= 15 is 0 Å². The van der Waals surface area contributed by atoms with Gasteiger partial charge in [-0.1, -0.05) is 23.8 Å². The fourth-order valence-electron chi connectivity index (χ4n) is 1.53. The topological polar surface area (TPSA) is 30.0 Å². The van der Waals surface area contributed by atoms with E-state index in [-0.39, 0.29) is 5.78 Å². The number of nitrogens with zero attached hydrogens (tertiary/aromatic N) is 1. The molecule has 0 fully saturated rings. The molecule has 15 heavy (non-hydrogen) atoms. The smallest absolute Gasteiger partial charge is 0.212 e. The van der Waals surface area contributed by atoms with Gasteiger partial charge in [-0.15, -0.1) is 11.3 Å². The number of ketones is 1. The highest BCUT2D eigenvalue weighted by Gasteiger charge is 2.12. The highest BCUT2D eigenvalue weighted by Crippen LogP contribution is 2.15. The molecule has 0 spiro atoms. The fourth-order valence-corrected chi connectivity index (χ4v) is 2.06. The second kappa shape index (κ2) is 3.95. The van der Waals surface area contributed by atoms with Crippen molar-refractivity contribution < 1.29 is 4.79 Å². The SMILES string of the molecule is Cc1ccc(C(=O)c2cscn2)c(C)c1. The first kappa shape index (κ1) is 10.1. The molecule has 3 heteroatoms. The van der Waals surface area contributed by atoms with Crippen molar-refractivity contribution in [3.05, 3.63) is 51.5 Å². The Labute approximate surface area is 92.6 Å². The van der Waals surface area contributed by atoms with Gasteiger partial charge in [-0.05, 0) is 19.4 Å². The lowest BCUT2D eigenvalue weighted by molar-refractivity contribution is 0.103. The summed E-state index contributed by atoms with van der Waals surface area (Å²) in [6.45, 7) is 3.97. The van der Waals surface area contributed by atoms with E-state index in [1.807, 2.05) is 32.0 Å². The largest absolute Gasteiger partial charge is 0.287 e. The van der Waals surface area contributed by atoms with E-state index < -0.39 is 0 Å². The summed E-state index contributed by atoms with van der Waals surface area (Å²) < 4.78 is 0. The molecule has 0 aliphatic rings. The Morgan fingerprint density at radius 2 is 2.13 bits per heavy atom. The standard InChI is InChI=1S/C12H11NOS/c1-8-3-4-10(9(2)5-8)12(14)11-6-15-7-13-11/h3-7H,1-2H3. The van der Waals surface area contributed by atoms with Crippen molar-refractivity contribution in [2.24, 2.45) is 0 Å².